The minimum absolute atomic E-state index is 0.546. The number of hydrogen-bond acceptors (Lipinski definition) is 5. The van der Waals surface area contributed by atoms with E-state index in [4.69, 9.17) is 14.6 Å². The quantitative estimate of drug-likeness (QED) is 0.390. The maximum atomic E-state index is 5.75. The molecule has 5 rings (SSSR count). The molecule has 148 valence electrons. The highest BCUT2D eigenvalue weighted by Gasteiger charge is 2.16. The highest BCUT2D eigenvalue weighted by molar-refractivity contribution is 5.89. The molecule has 0 atom stereocenters. The van der Waals surface area contributed by atoms with Crippen LogP contribution in [-0.4, -0.2) is 29.2 Å². The van der Waals surface area contributed by atoms with Gasteiger partial charge >= 0.3 is 0 Å². The van der Waals surface area contributed by atoms with Crippen molar-refractivity contribution in [3.63, 3.8) is 0 Å². The van der Waals surface area contributed by atoms with Gasteiger partial charge in [-0.25, -0.2) is 4.68 Å². The third kappa shape index (κ3) is 3.75. The molecule has 0 aliphatic carbocycles. The summed E-state index contributed by atoms with van der Waals surface area (Å²) < 4.78 is 13.3. The zero-order chi connectivity index (χ0) is 20.2. The number of para-hydroxylation sites is 2. The summed E-state index contributed by atoms with van der Waals surface area (Å²) in [6.45, 7) is 1.11. The first-order valence-electron chi connectivity index (χ1n) is 9.76. The molecule has 1 aliphatic heterocycles. The van der Waals surface area contributed by atoms with Crippen LogP contribution in [0.4, 0.5) is 5.69 Å². The summed E-state index contributed by atoms with van der Waals surface area (Å²) in [4.78, 5) is 0. The first-order valence-corrected chi connectivity index (χ1v) is 9.76. The molecule has 1 aliphatic rings. The van der Waals surface area contributed by atoms with E-state index in [1.54, 1.807) is 6.21 Å². The standard InChI is InChI=1S/C24H20N4O2/c1-3-7-20(8-4-1)26-25-16-19-17-28(21-9-5-2-6-10-21)27-24(19)18-11-12-22-23(15-18)30-14-13-29-22/h1-12,15-17,26H,13-14H2/b25-16+. The number of nitrogens with one attached hydrogen (secondary N) is 1. The fourth-order valence-electron chi connectivity index (χ4n) is 3.30. The van der Waals surface area contributed by atoms with Gasteiger partial charge in [0.25, 0.3) is 0 Å². The first kappa shape index (κ1) is 18.0. The Bertz CT molecular complexity index is 1170. The van der Waals surface area contributed by atoms with Crippen LogP contribution >= 0.6 is 0 Å². The van der Waals surface area contributed by atoms with E-state index in [9.17, 15) is 0 Å². The van der Waals surface area contributed by atoms with E-state index < -0.39 is 0 Å². The van der Waals surface area contributed by atoms with Crippen molar-refractivity contribution in [1.82, 2.24) is 9.78 Å². The molecular formula is C24H20N4O2. The Balaban J connectivity index is 1.52. The fourth-order valence-corrected chi connectivity index (χ4v) is 3.30. The lowest BCUT2D eigenvalue weighted by molar-refractivity contribution is 0.171. The van der Waals surface area contributed by atoms with Crippen molar-refractivity contribution >= 4 is 11.9 Å². The molecule has 0 radical (unpaired) electrons. The Labute approximate surface area is 174 Å². The number of ether oxygens (including phenoxy) is 2. The summed E-state index contributed by atoms with van der Waals surface area (Å²) >= 11 is 0. The molecule has 6 heteroatoms. The molecule has 3 aromatic carbocycles. The van der Waals surface area contributed by atoms with Gasteiger partial charge in [-0.1, -0.05) is 36.4 Å². The lowest BCUT2D eigenvalue weighted by Crippen LogP contribution is -2.15. The molecule has 4 aromatic rings. The Hall–Kier alpha value is -4.06. The van der Waals surface area contributed by atoms with E-state index in [1.165, 1.54) is 0 Å². The fraction of sp³-hybridized carbons (Fsp3) is 0.0833. The number of anilines is 1. The van der Waals surface area contributed by atoms with Crippen molar-refractivity contribution < 1.29 is 9.47 Å². The Morgan fingerprint density at radius 1 is 0.867 bits per heavy atom. The zero-order valence-electron chi connectivity index (χ0n) is 16.2. The molecule has 0 saturated carbocycles. The van der Waals surface area contributed by atoms with Gasteiger partial charge in [0.2, 0.25) is 0 Å². The van der Waals surface area contributed by atoms with Gasteiger partial charge in [0.1, 0.15) is 18.9 Å². The van der Waals surface area contributed by atoms with Crippen molar-refractivity contribution in [2.75, 3.05) is 18.6 Å². The molecule has 0 unspecified atom stereocenters. The third-order valence-corrected chi connectivity index (χ3v) is 4.75. The summed E-state index contributed by atoms with van der Waals surface area (Å²) in [5.74, 6) is 1.49. The van der Waals surface area contributed by atoms with Crippen LogP contribution < -0.4 is 14.9 Å². The van der Waals surface area contributed by atoms with Gasteiger partial charge in [-0.15, -0.1) is 0 Å². The topological polar surface area (TPSA) is 60.7 Å². The van der Waals surface area contributed by atoms with Crippen LogP contribution in [-0.2, 0) is 0 Å². The van der Waals surface area contributed by atoms with Gasteiger partial charge in [-0.2, -0.15) is 10.2 Å². The molecule has 0 bridgehead atoms. The van der Waals surface area contributed by atoms with E-state index in [0.29, 0.717) is 13.2 Å². The van der Waals surface area contributed by atoms with Crippen LogP contribution in [0.25, 0.3) is 16.9 Å². The molecule has 0 saturated heterocycles. The van der Waals surface area contributed by atoms with E-state index in [1.807, 2.05) is 89.7 Å². The van der Waals surface area contributed by atoms with Crippen LogP contribution in [0.5, 0.6) is 11.5 Å². The summed E-state index contributed by atoms with van der Waals surface area (Å²) in [6, 6.07) is 25.7. The molecule has 6 nitrogen and oxygen atoms in total. The number of fused-ring (bicyclic) bond motifs is 1. The second-order valence-electron chi connectivity index (χ2n) is 6.81. The Kier molecular flexibility index (Phi) is 4.88. The number of hydrogen-bond donors (Lipinski definition) is 1. The summed E-state index contributed by atoms with van der Waals surface area (Å²) in [6.07, 6.45) is 3.75. The van der Waals surface area contributed by atoms with Crippen molar-refractivity contribution in [3.8, 4) is 28.4 Å². The molecule has 0 fully saturated rings. The Morgan fingerprint density at radius 3 is 2.40 bits per heavy atom. The lowest BCUT2D eigenvalue weighted by atomic mass is 10.1. The monoisotopic (exact) mass is 396 g/mol. The van der Waals surface area contributed by atoms with Crippen LogP contribution in [0.3, 0.4) is 0 Å². The SMILES string of the molecule is C(=N\Nc1ccccc1)/c1cn(-c2ccccc2)nc1-c1ccc2c(c1)OCCO2. The van der Waals surface area contributed by atoms with Crippen LogP contribution in [0.2, 0.25) is 0 Å². The number of aromatic nitrogens is 2. The largest absolute Gasteiger partial charge is 0.486 e. The van der Waals surface area contributed by atoms with Gasteiger partial charge in [0.15, 0.2) is 11.5 Å². The van der Waals surface area contributed by atoms with Gasteiger partial charge < -0.3 is 9.47 Å². The second kappa shape index (κ2) is 8.13. The predicted molar refractivity (Wildman–Crippen MR) is 118 cm³/mol. The molecule has 2 heterocycles. The highest BCUT2D eigenvalue weighted by Crippen LogP contribution is 2.35. The smallest absolute Gasteiger partial charge is 0.162 e. The molecular weight excluding hydrogens is 376 g/mol. The predicted octanol–water partition coefficient (Wildman–Crippen LogP) is 4.76. The minimum Gasteiger partial charge on any atom is -0.486 e. The van der Waals surface area contributed by atoms with Crippen LogP contribution in [0.15, 0.2) is 90.2 Å². The van der Waals surface area contributed by atoms with Crippen molar-refractivity contribution in [2.24, 2.45) is 5.10 Å². The zero-order valence-corrected chi connectivity index (χ0v) is 16.2. The highest BCUT2D eigenvalue weighted by atomic mass is 16.6. The molecule has 30 heavy (non-hydrogen) atoms. The van der Waals surface area contributed by atoms with E-state index >= 15 is 0 Å². The third-order valence-electron chi connectivity index (χ3n) is 4.75. The van der Waals surface area contributed by atoms with Crippen molar-refractivity contribution in [2.45, 2.75) is 0 Å². The number of benzene rings is 3. The van der Waals surface area contributed by atoms with Gasteiger partial charge in [-0.05, 0) is 42.5 Å². The van der Waals surface area contributed by atoms with Gasteiger partial charge in [0, 0.05) is 17.3 Å². The van der Waals surface area contributed by atoms with Crippen molar-refractivity contribution in [3.05, 3.63) is 90.6 Å². The number of nitrogens with zero attached hydrogens (tertiary/aromatic N) is 3. The molecule has 1 aromatic heterocycles. The van der Waals surface area contributed by atoms with Crippen LogP contribution in [0, 0.1) is 0 Å². The molecule has 0 amide bonds. The maximum Gasteiger partial charge on any atom is 0.162 e. The first-order chi connectivity index (χ1) is 14.9. The summed E-state index contributed by atoms with van der Waals surface area (Å²) in [5.41, 5.74) is 7.60. The maximum absolute atomic E-state index is 5.75. The van der Waals surface area contributed by atoms with E-state index in [-0.39, 0.29) is 0 Å². The van der Waals surface area contributed by atoms with Gasteiger partial charge in [0.05, 0.1) is 17.6 Å². The average Bonchev–Trinajstić information content (AvgIpc) is 3.24. The van der Waals surface area contributed by atoms with Gasteiger partial charge in [-0.3, -0.25) is 5.43 Å². The number of hydrazone groups is 1. The number of rotatable bonds is 5. The second-order valence-corrected chi connectivity index (χ2v) is 6.81. The molecule has 1 N–H and O–H groups in total. The normalized spacial score (nSPS) is 12.8. The van der Waals surface area contributed by atoms with E-state index in [2.05, 4.69) is 10.5 Å². The summed E-state index contributed by atoms with van der Waals surface area (Å²) in [5, 5.41) is 9.23. The van der Waals surface area contributed by atoms with E-state index in [0.717, 1.165) is 39.7 Å². The van der Waals surface area contributed by atoms with Crippen LogP contribution in [0.1, 0.15) is 5.56 Å². The Morgan fingerprint density at radius 2 is 1.60 bits per heavy atom. The average molecular weight is 396 g/mol. The minimum atomic E-state index is 0.546. The summed E-state index contributed by atoms with van der Waals surface area (Å²) in [7, 11) is 0. The van der Waals surface area contributed by atoms with Crippen molar-refractivity contribution in [1.29, 1.82) is 0 Å². The molecule has 0 spiro atoms. The lowest BCUT2D eigenvalue weighted by Gasteiger charge is -2.18.